The Morgan fingerprint density at radius 2 is 1.74 bits per heavy atom. The molecule has 3 aromatic rings. The molecule has 1 atom stereocenters. The zero-order valence-electron chi connectivity index (χ0n) is 20.5. The number of benzene rings is 2. The zero-order chi connectivity index (χ0) is 22.8. The summed E-state index contributed by atoms with van der Waals surface area (Å²) < 4.78 is 0. The van der Waals surface area contributed by atoms with E-state index in [-0.39, 0.29) is 17.9 Å². The van der Waals surface area contributed by atoms with E-state index in [9.17, 15) is 4.79 Å². The van der Waals surface area contributed by atoms with Crippen molar-refractivity contribution in [2.24, 2.45) is 5.92 Å². The molecule has 2 aliphatic rings. The summed E-state index contributed by atoms with van der Waals surface area (Å²) in [6, 6.07) is 19.5. The molecule has 5 heteroatoms. The molecule has 1 amide bonds. The maximum atomic E-state index is 13.3. The molecule has 2 aromatic carbocycles. The summed E-state index contributed by atoms with van der Waals surface area (Å²) in [5.41, 5.74) is 4.09. The maximum absolute atomic E-state index is 13.3. The van der Waals surface area contributed by atoms with Crippen LogP contribution in [0.1, 0.15) is 62.0 Å². The highest BCUT2D eigenvalue weighted by molar-refractivity contribution is 5.85. The third kappa shape index (κ3) is 4.76. The summed E-state index contributed by atoms with van der Waals surface area (Å²) in [6.45, 7) is 1.77. The first-order valence-electron chi connectivity index (χ1n) is 12.6. The van der Waals surface area contributed by atoms with Gasteiger partial charge in [0.25, 0.3) is 0 Å². The molecule has 1 saturated carbocycles. The fraction of sp³-hybridized carbons (Fsp3) is 0.483. The second-order valence-corrected chi connectivity index (χ2v) is 10.4. The SMILES string of the molecule is CN(C)C1(c2ccccc2)CCC(CC(=O)N2CCCC(c3c[nH]c4ccccc34)C2)CC1.Cl. The molecule has 1 aliphatic heterocycles. The van der Waals surface area contributed by atoms with E-state index < -0.39 is 0 Å². The lowest BCUT2D eigenvalue weighted by Crippen LogP contribution is -2.45. The molecule has 1 N–H and O–H groups in total. The van der Waals surface area contributed by atoms with Crippen molar-refractivity contribution in [3.8, 4) is 0 Å². The highest BCUT2D eigenvalue weighted by Gasteiger charge is 2.39. The molecule has 1 saturated heterocycles. The number of piperidine rings is 1. The van der Waals surface area contributed by atoms with Gasteiger partial charge in [0.1, 0.15) is 0 Å². The van der Waals surface area contributed by atoms with Gasteiger partial charge in [-0.15, -0.1) is 12.4 Å². The van der Waals surface area contributed by atoms with Crippen LogP contribution < -0.4 is 0 Å². The summed E-state index contributed by atoms with van der Waals surface area (Å²) in [5, 5.41) is 1.31. The van der Waals surface area contributed by atoms with Crippen LogP contribution >= 0.6 is 12.4 Å². The minimum absolute atomic E-state index is 0. The normalized spacial score (nSPS) is 25.3. The van der Waals surface area contributed by atoms with E-state index in [0.29, 0.717) is 24.2 Å². The number of H-pyrrole nitrogens is 1. The Kier molecular flexibility index (Phi) is 7.69. The van der Waals surface area contributed by atoms with E-state index in [1.807, 2.05) is 0 Å². The van der Waals surface area contributed by atoms with Gasteiger partial charge in [0, 0.05) is 48.1 Å². The van der Waals surface area contributed by atoms with Crippen molar-refractivity contribution in [2.45, 2.75) is 56.4 Å². The maximum Gasteiger partial charge on any atom is 0.222 e. The average molecular weight is 480 g/mol. The lowest BCUT2D eigenvalue weighted by molar-refractivity contribution is -0.134. The second kappa shape index (κ2) is 10.5. The minimum atomic E-state index is 0. The third-order valence-corrected chi connectivity index (χ3v) is 8.40. The Labute approximate surface area is 210 Å². The minimum Gasteiger partial charge on any atom is -0.361 e. The summed E-state index contributed by atoms with van der Waals surface area (Å²) in [5.74, 6) is 1.30. The zero-order valence-corrected chi connectivity index (χ0v) is 21.3. The number of likely N-dealkylation sites (tertiary alicyclic amines) is 1. The molecule has 4 nitrogen and oxygen atoms in total. The number of aromatic nitrogens is 1. The lowest BCUT2D eigenvalue weighted by Gasteiger charge is -2.46. The molecule has 2 heterocycles. The van der Waals surface area contributed by atoms with Crippen LogP contribution in [0.15, 0.2) is 60.8 Å². The molecule has 1 unspecified atom stereocenters. The van der Waals surface area contributed by atoms with Gasteiger partial charge in [-0.05, 0) is 75.7 Å². The number of aromatic amines is 1. The molecule has 1 aromatic heterocycles. The molecule has 0 radical (unpaired) electrons. The standard InChI is InChI=1S/C29H37N3O.ClH/c1-31(2)29(24-10-4-3-5-11-24)16-14-22(15-17-29)19-28(33)32-18-8-9-23(21-32)26-20-30-27-13-7-6-12-25(26)27;/h3-7,10-13,20,22-23,30H,8-9,14-19,21H2,1-2H3;1H. The fourth-order valence-corrected chi connectivity index (χ4v) is 6.37. The second-order valence-electron chi connectivity index (χ2n) is 10.4. The van der Waals surface area contributed by atoms with Gasteiger partial charge in [-0.25, -0.2) is 0 Å². The summed E-state index contributed by atoms with van der Waals surface area (Å²) in [4.78, 5) is 21.3. The molecule has 182 valence electrons. The van der Waals surface area contributed by atoms with Crippen LogP contribution in [0, 0.1) is 5.92 Å². The van der Waals surface area contributed by atoms with Crippen molar-refractivity contribution < 1.29 is 4.79 Å². The predicted octanol–water partition coefficient (Wildman–Crippen LogP) is 6.33. The first kappa shape index (κ1) is 24.8. The molecular formula is C29H38ClN3O. The van der Waals surface area contributed by atoms with Crippen molar-refractivity contribution in [2.75, 3.05) is 27.2 Å². The van der Waals surface area contributed by atoms with Crippen molar-refractivity contribution >= 4 is 29.2 Å². The van der Waals surface area contributed by atoms with Crippen molar-refractivity contribution in [3.05, 3.63) is 71.9 Å². The smallest absolute Gasteiger partial charge is 0.222 e. The number of fused-ring (bicyclic) bond motifs is 1. The summed E-state index contributed by atoms with van der Waals surface area (Å²) >= 11 is 0. The Balaban J connectivity index is 0.00000274. The van der Waals surface area contributed by atoms with E-state index in [0.717, 1.165) is 51.6 Å². The number of carbonyl (C=O) groups is 1. The van der Waals surface area contributed by atoms with E-state index >= 15 is 0 Å². The van der Waals surface area contributed by atoms with Crippen molar-refractivity contribution in [1.82, 2.24) is 14.8 Å². The summed E-state index contributed by atoms with van der Waals surface area (Å²) in [6.07, 6.45) is 9.63. The lowest BCUT2D eigenvalue weighted by atomic mass is 9.71. The third-order valence-electron chi connectivity index (χ3n) is 8.40. The van der Waals surface area contributed by atoms with Crippen LogP contribution in [0.3, 0.4) is 0 Å². The van der Waals surface area contributed by atoms with Crippen molar-refractivity contribution in [1.29, 1.82) is 0 Å². The van der Waals surface area contributed by atoms with Gasteiger partial charge >= 0.3 is 0 Å². The number of nitrogens with zero attached hydrogens (tertiary/aromatic N) is 2. The largest absolute Gasteiger partial charge is 0.361 e. The molecule has 1 aliphatic carbocycles. The number of carbonyl (C=O) groups excluding carboxylic acids is 1. The van der Waals surface area contributed by atoms with Crippen LogP contribution in [-0.4, -0.2) is 47.9 Å². The van der Waals surface area contributed by atoms with Crippen LogP contribution in [0.2, 0.25) is 0 Å². The van der Waals surface area contributed by atoms with Crippen LogP contribution in [-0.2, 0) is 10.3 Å². The van der Waals surface area contributed by atoms with Crippen LogP contribution in [0.5, 0.6) is 0 Å². The summed E-state index contributed by atoms with van der Waals surface area (Å²) in [7, 11) is 4.41. The highest BCUT2D eigenvalue weighted by atomic mass is 35.5. The highest BCUT2D eigenvalue weighted by Crippen LogP contribution is 2.44. The average Bonchev–Trinajstić information content (AvgIpc) is 3.29. The van der Waals surface area contributed by atoms with Crippen molar-refractivity contribution in [3.63, 3.8) is 0 Å². The molecular weight excluding hydrogens is 442 g/mol. The van der Waals surface area contributed by atoms with Gasteiger partial charge in [0.05, 0.1) is 0 Å². The van der Waals surface area contributed by atoms with Crippen LogP contribution in [0.4, 0.5) is 0 Å². The topological polar surface area (TPSA) is 39.3 Å². The molecule has 0 bridgehead atoms. The Bertz CT molecular complexity index is 1080. The van der Waals surface area contributed by atoms with E-state index in [1.165, 1.54) is 22.0 Å². The van der Waals surface area contributed by atoms with Gasteiger partial charge < -0.3 is 9.88 Å². The van der Waals surface area contributed by atoms with Gasteiger partial charge in [-0.3, -0.25) is 9.69 Å². The first-order chi connectivity index (χ1) is 16.1. The Morgan fingerprint density at radius 3 is 2.47 bits per heavy atom. The molecule has 0 spiro atoms. The number of hydrogen-bond acceptors (Lipinski definition) is 2. The number of halogens is 1. The monoisotopic (exact) mass is 479 g/mol. The number of nitrogens with one attached hydrogen (secondary N) is 1. The van der Waals surface area contributed by atoms with Crippen LogP contribution in [0.25, 0.3) is 10.9 Å². The number of para-hydroxylation sites is 1. The number of hydrogen-bond donors (Lipinski definition) is 1. The molecule has 2 fully saturated rings. The molecule has 34 heavy (non-hydrogen) atoms. The Morgan fingerprint density at radius 1 is 1.03 bits per heavy atom. The van der Waals surface area contributed by atoms with E-state index in [4.69, 9.17) is 0 Å². The number of rotatable bonds is 5. The van der Waals surface area contributed by atoms with E-state index in [1.54, 1.807) is 0 Å². The number of amides is 1. The van der Waals surface area contributed by atoms with Gasteiger partial charge in [-0.2, -0.15) is 0 Å². The quantitative estimate of drug-likeness (QED) is 0.464. The Hall–Kier alpha value is -2.30. The van der Waals surface area contributed by atoms with E-state index in [2.05, 4.69) is 89.7 Å². The first-order valence-corrected chi connectivity index (χ1v) is 12.6. The van der Waals surface area contributed by atoms with Gasteiger partial charge in [0.15, 0.2) is 0 Å². The van der Waals surface area contributed by atoms with Gasteiger partial charge in [0.2, 0.25) is 5.91 Å². The molecule has 5 rings (SSSR count). The van der Waals surface area contributed by atoms with Gasteiger partial charge in [-0.1, -0.05) is 48.5 Å². The fourth-order valence-electron chi connectivity index (χ4n) is 6.37. The predicted molar refractivity (Wildman–Crippen MR) is 142 cm³/mol.